The smallest absolute Gasteiger partial charge is 0.325 e. The van der Waals surface area contributed by atoms with E-state index < -0.39 is 29.9 Å². The zero-order valence-electron chi connectivity index (χ0n) is 16.2. The van der Waals surface area contributed by atoms with Crippen LogP contribution < -0.4 is 5.32 Å². The summed E-state index contributed by atoms with van der Waals surface area (Å²) in [7, 11) is 0. The Kier molecular flexibility index (Phi) is 5.00. The maximum absolute atomic E-state index is 13.2. The van der Waals surface area contributed by atoms with Crippen molar-refractivity contribution in [2.45, 2.75) is 24.9 Å². The van der Waals surface area contributed by atoms with Crippen LogP contribution in [0.25, 0.3) is 0 Å². The Bertz CT molecular complexity index is 1060. The van der Waals surface area contributed by atoms with Crippen molar-refractivity contribution in [2.24, 2.45) is 0 Å². The zero-order valence-corrected chi connectivity index (χ0v) is 16.2. The number of imide groups is 1. The Morgan fingerprint density at radius 3 is 2.67 bits per heavy atom. The van der Waals surface area contributed by atoms with E-state index in [9.17, 15) is 18.8 Å². The van der Waals surface area contributed by atoms with Gasteiger partial charge in [0, 0.05) is 6.54 Å². The molecular formula is C23H20FN3O3. The van der Waals surface area contributed by atoms with Crippen molar-refractivity contribution < 1.29 is 18.8 Å². The van der Waals surface area contributed by atoms with Gasteiger partial charge in [0.25, 0.3) is 5.91 Å². The Morgan fingerprint density at radius 1 is 1.20 bits per heavy atom. The van der Waals surface area contributed by atoms with Crippen LogP contribution in [0.1, 0.15) is 23.1 Å². The van der Waals surface area contributed by atoms with Crippen molar-refractivity contribution in [3.05, 3.63) is 71.0 Å². The molecule has 0 bridgehead atoms. The van der Waals surface area contributed by atoms with Crippen molar-refractivity contribution in [1.29, 1.82) is 0 Å². The van der Waals surface area contributed by atoms with Crippen molar-refractivity contribution in [3.8, 4) is 12.3 Å². The molecule has 1 saturated heterocycles. The van der Waals surface area contributed by atoms with E-state index in [0.717, 1.165) is 16.0 Å². The zero-order chi connectivity index (χ0) is 21.3. The van der Waals surface area contributed by atoms with Crippen LogP contribution in [0.4, 0.5) is 9.18 Å². The summed E-state index contributed by atoms with van der Waals surface area (Å²) in [6, 6.07) is 12.6. The van der Waals surface area contributed by atoms with E-state index in [1.54, 1.807) is 12.1 Å². The fourth-order valence-electron chi connectivity index (χ4n) is 4.12. The predicted octanol–water partition coefficient (Wildman–Crippen LogP) is 2.18. The van der Waals surface area contributed by atoms with Crippen LogP contribution in [-0.4, -0.2) is 40.7 Å². The largest absolute Gasteiger partial charge is 0.326 e. The first-order valence-corrected chi connectivity index (χ1v) is 9.63. The van der Waals surface area contributed by atoms with E-state index in [4.69, 9.17) is 6.42 Å². The first-order valence-electron chi connectivity index (χ1n) is 9.63. The maximum atomic E-state index is 13.2. The number of hydrogen-bond donors (Lipinski definition) is 1. The summed E-state index contributed by atoms with van der Waals surface area (Å²) in [6.07, 6.45) is 6.53. The molecule has 1 heterocycles. The van der Waals surface area contributed by atoms with Gasteiger partial charge in [0.05, 0.1) is 6.54 Å². The molecule has 1 N–H and O–H groups in total. The molecule has 7 heteroatoms. The molecule has 0 saturated carbocycles. The Labute approximate surface area is 173 Å². The third-order valence-corrected chi connectivity index (χ3v) is 5.64. The van der Waals surface area contributed by atoms with Gasteiger partial charge in [-0.15, -0.1) is 6.42 Å². The molecule has 6 nitrogen and oxygen atoms in total. The molecule has 1 spiro atoms. The fraction of sp³-hybridized carbons (Fsp3) is 0.261. The molecule has 2 aliphatic rings. The summed E-state index contributed by atoms with van der Waals surface area (Å²) in [5, 5.41) is 2.80. The summed E-state index contributed by atoms with van der Waals surface area (Å²) in [4.78, 5) is 41.0. The number of hydrogen-bond acceptors (Lipinski definition) is 3. The molecule has 30 heavy (non-hydrogen) atoms. The van der Waals surface area contributed by atoms with Crippen LogP contribution in [0.2, 0.25) is 0 Å². The first kappa shape index (κ1) is 19.6. The van der Waals surface area contributed by atoms with Crippen molar-refractivity contribution >= 4 is 17.8 Å². The standard InChI is InChI=1S/C23H20FN3O3/c1-2-13-26(14-16-7-9-18(24)10-8-16)20(28)15-27-21(29)23(25-22(27)30)12-11-17-5-3-4-6-19(17)23/h1,3-10H,11-15H2,(H,25,30)/t23-/m0/s1. The second kappa shape index (κ2) is 7.64. The van der Waals surface area contributed by atoms with Crippen LogP contribution in [-0.2, 0) is 28.1 Å². The number of halogens is 1. The van der Waals surface area contributed by atoms with E-state index in [0.29, 0.717) is 18.4 Å². The van der Waals surface area contributed by atoms with Gasteiger partial charge < -0.3 is 10.2 Å². The second-order valence-corrected chi connectivity index (χ2v) is 7.46. The first-order chi connectivity index (χ1) is 14.4. The van der Waals surface area contributed by atoms with Crippen molar-refractivity contribution in [1.82, 2.24) is 15.1 Å². The maximum Gasteiger partial charge on any atom is 0.325 e. The SMILES string of the molecule is C#CCN(Cc1ccc(F)cc1)C(=O)CN1C(=O)N[C@]2(CCc3ccccc32)C1=O. The second-order valence-electron chi connectivity index (χ2n) is 7.46. The number of nitrogens with one attached hydrogen (secondary N) is 1. The minimum Gasteiger partial charge on any atom is -0.326 e. The number of rotatable bonds is 5. The van der Waals surface area contributed by atoms with Gasteiger partial charge in [-0.25, -0.2) is 9.18 Å². The monoisotopic (exact) mass is 405 g/mol. The average Bonchev–Trinajstić information content (AvgIpc) is 3.22. The highest BCUT2D eigenvalue weighted by atomic mass is 19.1. The number of benzene rings is 2. The van der Waals surface area contributed by atoms with E-state index in [2.05, 4.69) is 11.2 Å². The van der Waals surface area contributed by atoms with E-state index in [1.807, 2.05) is 24.3 Å². The molecule has 0 radical (unpaired) electrons. The Morgan fingerprint density at radius 2 is 1.93 bits per heavy atom. The lowest BCUT2D eigenvalue weighted by atomic mass is 9.92. The van der Waals surface area contributed by atoms with Gasteiger partial charge in [0.15, 0.2) is 0 Å². The lowest BCUT2D eigenvalue weighted by molar-refractivity contribution is -0.139. The molecule has 1 aliphatic carbocycles. The van der Waals surface area contributed by atoms with Gasteiger partial charge >= 0.3 is 6.03 Å². The molecule has 2 aromatic rings. The Hall–Kier alpha value is -3.66. The minimum absolute atomic E-state index is 0.00777. The number of carbonyl (C=O) groups excluding carboxylic acids is 3. The van der Waals surface area contributed by atoms with Crippen molar-refractivity contribution in [3.63, 3.8) is 0 Å². The third-order valence-electron chi connectivity index (χ3n) is 5.64. The normalized spacial score (nSPS) is 19.5. The molecule has 152 valence electrons. The topological polar surface area (TPSA) is 69.7 Å². The van der Waals surface area contributed by atoms with Gasteiger partial charge in [0.1, 0.15) is 17.9 Å². The Balaban J connectivity index is 1.52. The molecule has 0 unspecified atom stereocenters. The summed E-state index contributed by atoms with van der Waals surface area (Å²) in [5.41, 5.74) is 1.38. The van der Waals surface area contributed by atoms with Gasteiger partial charge in [-0.05, 0) is 41.7 Å². The lowest BCUT2D eigenvalue weighted by Gasteiger charge is -2.24. The van der Waals surface area contributed by atoms with E-state index in [-0.39, 0.29) is 18.9 Å². The fourth-order valence-corrected chi connectivity index (χ4v) is 4.12. The summed E-state index contributed by atoms with van der Waals surface area (Å²) < 4.78 is 13.1. The summed E-state index contributed by atoms with van der Waals surface area (Å²) in [6.45, 7) is -0.244. The quantitative estimate of drug-likeness (QED) is 0.612. The third kappa shape index (κ3) is 3.30. The van der Waals surface area contributed by atoms with E-state index >= 15 is 0 Å². The van der Waals surface area contributed by atoms with Gasteiger partial charge in [-0.3, -0.25) is 14.5 Å². The minimum atomic E-state index is -1.11. The molecule has 1 fully saturated rings. The average molecular weight is 405 g/mol. The van der Waals surface area contributed by atoms with Crippen LogP contribution in [0.15, 0.2) is 48.5 Å². The van der Waals surface area contributed by atoms with Crippen LogP contribution in [0.5, 0.6) is 0 Å². The molecule has 4 amide bonds. The number of amides is 4. The van der Waals surface area contributed by atoms with E-state index in [1.165, 1.54) is 17.0 Å². The molecule has 2 aromatic carbocycles. The van der Waals surface area contributed by atoms with Crippen LogP contribution in [0.3, 0.4) is 0 Å². The van der Waals surface area contributed by atoms with Gasteiger partial charge in [-0.1, -0.05) is 42.3 Å². The highest BCUT2D eigenvalue weighted by Crippen LogP contribution is 2.41. The number of terminal acetylenes is 1. The highest BCUT2D eigenvalue weighted by molar-refractivity contribution is 6.09. The van der Waals surface area contributed by atoms with Crippen LogP contribution in [0, 0.1) is 18.2 Å². The number of nitrogens with zero attached hydrogens (tertiary/aromatic N) is 2. The highest BCUT2D eigenvalue weighted by Gasteiger charge is 2.55. The number of aryl methyl sites for hydroxylation is 1. The molecule has 1 aliphatic heterocycles. The molecular weight excluding hydrogens is 385 g/mol. The number of carbonyl (C=O) groups is 3. The van der Waals surface area contributed by atoms with Crippen molar-refractivity contribution in [2.75, 3.05) is 13.1 Å². The van der Waals surface area contributed by atoms with Gasteiger partial charge in [-0.2, -0.15) is 0 Å². The number of urea groups is 1. The van der Waals surface area contributed by atoms with Gasteiger partial charge in [0.2, 0.25) is 5.91 Å². The summed E-state index contributed by atoms with van der Waals surface area (Å²) in [5.74, 6) is 1.16. The number of fused-ring (bicyclic) bond motifs is 2. The molecule has 0 aromatic heterocycles. The summed E-state index contributed by atoms with van der Waals surface area (Å²) >= 11 is 0. The molecule has 1 atom stereocenters. The van der Waals surface area contributed by atoms with Crippen LogP contribution >= 0.6 is 0 Å². The predicted molar refractivity (Wildman–Crippen MR) is 107 cm³/mol. The lowest BCUT2D eigenvalue weighted by Crippen LogP contribution is -2.44. The molecule has 4 rings (SSSR count).